The average molecular weight is 234 g/mol. The zero-order valence-corrected chi connectivity index (χ0v) is 10.7. The minimum Gasteiger partial charge on any atom is -0.396 e. The Bertz CT molecular complexity index is 358. The molecule has 2 N–H and O–H groups in total. The van der Waals surface area contributed by atoms with Crippen molar-refractivity contribution >= 4 is 0 Å². The van der Waals surface area contributed by atoms with Gasteiger partial charge in [-0.15, -0.1) is 0 Å². The minimum absolute atomic E-state index is 0.0834. The van der Waals surface area contributed by atoms with Crippen LogP contribution >= 0.6 is 0 Å². The van der Waals surface area contributed by atoms with Crippen LogP contribution in [-0.4, -0.2) is 16.8 Å². The number of benzene rings is 1. The summed E-state index contributed by atoms with van der Waals surface area (Å²) in [5, 5.41) is 19.8. The Kier molecular flexibility index (Phi) is 3.55. The van der Waals surface area contributed by atoms with Crippen molar-refractivity contribution in [1.82, 2.24) is 0 Å². The van der Waals surface area contributed by atoms with Gasteiger partial charge < -0.3 is 10.2 Å². The topological polar surface area (TPSA) is 40.5 Å². The molecule has 1 aliphatic carbocycles. The van der Waals surface area contributed by atoms with E-state index in [9.17, 15) is 10.2 Å². The van der Waals surface area contributed by atoms with Crippen LogP contribution in [0, 0.1) is 5.41 Å². The SMILES string of the molecule is CC(C)c1ccc(C(O)C2(CO)CCC2)cc1. The Balaban J connectivity index is 2.16. The molecule has 1 aliphatic rings. The Hall–Kier alpha value is -0.860. The number of hydrogen-bond acceptors (Lipinski definition) is 2. The van der Waals surface area contributed by atoms with Gasteiger partial charge in [-0.2, -0.15) is 0 Å². The van der Waals surface area contributed by atoms with E-state index in [1.165, 1.54) is 5.56 Å². The highest BCUT2D eigenvalue weighted by Crippen LogP contribution is 2.49. The zero-order valence-electron chi connectivity index (χ0n) is 10.7. The molecule has 0 aliphatic heterocycles. The maximum atomic E-state index is 10.4. The highest BCUT2D eigenvalue weighted by atomic mass is 16.3. The van der Waals surface area contributed by atoms with Crippen LogP contribution in [-0.2, 0) is 0 Å². The van der Waals surface area contributed by atoms with Crippen molar-refractivity contribution in [2.24, 2.45) is 5.41 Å². The molecule has 1 aromatic carbocycles. The maximum absolute atomic E-state index is 10.4. The number of aliphatic hydroxyl groups excluding tert-OH is 2. The monoisotopic (exact) mass is 234 g/mol. The van der Waals surface area contributed by atoms with E-state index >= 15 is 0 Å². The Labute approximate surface area is 103 Å². The van der Waals surface area contributed by atoms with Gasteiger partial charge in [-0.05, 0) is 29.9 Å². The smallest absolute Gasteiger partial charge is 0.0868 e. The number of hydrogen-bond donors (Lipinski definition) is 2. The van der Waals surface area contributed by atoms with E-state index < -0.39 is 6.10 Å². The first kappa shape index (κ1) is 12.6. The molecule has 2 rings (SSSR count). The largest absolute Gasteiger partial charge is 0.396 e. The predicted octanol–water partition coefficient (Wildman–Crippen LogP) is 3.01. The highest BCUT2D eigenvalue weighted by Gasteiger charge is 2.43. The molecular formula is C15H22O2. The molecule has 1 atom stereocenters. The summed E-state index contributed by atoms with van der Waals surface area (Å²) in [4.78, 5) is 0. The fourth-order valence-corrected chi connectivity index (χ4v) is 2.57. The summed E-state index contributed by atoms with van der Waals surface area (Å²) in [6.07, 6.45) is 2.44. The van der Waals surface area contributed by atoms with Crippen LogP contribution < -0.4 is 0 Å². The average Bonchev–Trinajstić information content (AvgIpc) is 2.28. The fourth-order valence-electron chi connectivity index (χ4n) is 2.57. The summed E-state index contributed by atoms with van der Waals surface area (Å²) < 4.78 is 0. The summed E-state index contributed by atoms with van der Waals surface area (Å²) in [5.41, 5.74) is 1.94. The Morgan fingerprint density at radius 2 is 1.65 bits per heavy atom. The molecule has 94 valence electrons. The van der Waals surface area contributed by atoms with Crippen molar-refractivity contribution in [3.05, 3.63) is 35.4 Å². The van der Waals surface area contributed by atoms with E-state index in [0.29, 0.717) is 5.92 Å². The Morgan fingerprint density at radius 3 is 2.00 bits per heavy atom. The lowest BCUT2D eigenvalue weighted by Crippen LogP contribution is -2.39. The van der Waals surface area contributed by atoms with Gasteiger partial charge in [0.1, 0.15) is 0 Å². The lowest BCUT2D eigenvalue weighted by atomic mass is 9.64. The molecular weight excluding hydrogens is 212 g/mol. The molecule has 17 heavy (non-hydrogen) atoms. The highest BCUT2D eigenvalue weighted by molar-refractivity contribution is 5.27. The fraction of sp³-hybridized carbons (Fsp3) is 0.600. The summed E-state index contributed by atoms with van der Waals surface area (Å²) in [6.45, 7) is 4.40. The van der Waals surface area contributed by atoms with E-state index in [1.807, 2.05) is 12.1 Å². The van der Waals surface area contributed by atoms with Gasteiger partial charge in [0, 0.05) is 5.41 Å². The quantitative estimate of drug-likeness (QED) is 0.840. The minimum atomic E-state index is -0.525. The summed E-state index contributed by atoms with van der Waals surface area (Å²) in [6, 6.07) is 8.14. The number of aliphatic hydroxyl groups is 2. The molecule has 2 nitrogen and oxygen atoms in total. The Morgan fingerprint density at radius 1 is 1.12 bits per heavy atom. The maximum Gasteiger partial charge on any atom is 0.0868 e. The molecule has 0 spiro atoms. The molecule has 0 amide bonds. The van der Waals surface area contributed by atoms with Crippen LogP contribution in [0.3, 0.4) is 0 Å². The van der Waals surface area contributed by atoms with Gasteiger partial charge in [-0.1, -0.05) is 44.5 Å². The van der Waals surface area contributed by atoms with Crippen molar-refractivity contribution in [2.75, 3.05) is 6.61 Å². The molecule has 2 heteroatoms. The van der Waals surface area contributed by atoms with Gasteiger partial charge in [-0.25, -0.2) is 0 Å². The van der Waals surface area contributed by atoms with Crippen LogP contribution in [0.15, 0.2) is 24.3 Å². The van der Waals surface area contributed by atoms with E-state index in [2.05, 4.69) is 26.0 Å². The number of rotatable bonds is 4. The second-order valence-corrected chi connectivity index (χ2v) is 5.60. The molecule has 1 unspecified atom stereocenters. The van der Waals surface area contributed by atoms with Gasteiger partial charge in [0.15, 0.2) is 0 Å². The van der Waals surface area contributed by atoms with E-state index in [0.717, 1.165) is 24.8 Å². The summed E-state index contributed by atoms with van der Waals surface area (Å²) >= 11 is 0. The van der Waals surface area contributed by atoms with Crippen LogP contribution in [0.1, 0.15) is 56.3 Å². The lowest BCUT2D eigenvalue weighted by molar-refractivity contribution is -0.0734. The third-order valence-corrected chi connectivity index (χ3v) is 4.16. The van der Waals surface area contributed by atoms with Gasteiger partial charge in [-0.3, -0.25) is 0 Å². The first-order chi connectivity index (χ1) is 8.09. The molecule has 0 bridgehead atoms. The molecule has 0 saturated heterocycles. The van der Waals surface area contributed by atoms with E-state index in [1.54, 1.807) is 0 Å². The molecule has 0 aromatic heterocycles. The summed E-state index contributed by atoms with van der Waals surface area (Å²) in [7, 11) is 0. The standard InChI is InChI=1S/C15H22O2/c1-11(2)12-4-6-13(7-5-12)14(17)15(10-16)8-3-9-15/h4-7,11,14,16-17H,3,8-10H2,1-2H3. The van der Waals surface area contributed by atoms with Crippen LogP contribution in [0.2, 0.25) is 0 Å². The second kappa shape index (κ2) is 4.79. The predicted molar refractivity (Wildman–Crippen MR) is 68.9 cm³/mol. The summed E-state index contributed by atoms with van der Waals surface area (Å²) in [5.74, 6) is 0.511. The zero-order chi connectivity index (χ0) is 12.5. The lowest BCUT2D eigenvalue weighted by Gasteiger charge is -2.44. The molecule has 0 heterocycles. The third kappa shape index (κ3) is 2.24. The molecule has 1 saturated carbocycles. The van der Waals surface area contributed by atoms with Crippen LogP contribution in [0.5, 0.6) is 0 Å². The third-order valence-electron chi connectivity index (χ3n) is 4.16. The molecule has 0 radical (unpaired) electrons. The second-order valence-electron chi connectivity index (χ2n) is 5.60. The van der Waals surface area contributed by atoms with Gasteiger partial charge >= 0.3 is 0 Å². The molecule has 1 fully saturated rings. The van der Waals surface area contributed by atoms with Crippen molar-refractivity contribution in [3.8, 4) is 0 Å². The van der Waals surface area contributed by atoms with Gasteiger partial charge in [0.2, 0.25) is 0 Å². The molecule has 1 aromatic rings. The van der Waals surface area contributed by atoms with Crippen molar-refractivity contribution in [3.63, 3.8) is 0 Å². The normalized spacial score (nSPS) is 20.1. The van der Waals surface area contributed by atoms with Gasteiger partial charge in [0.25, 0.3) is 0 Å². The van der Waals surface area contributed by atoms with E-state index in [4.69, 9.17) is 0 Å². The van der Waals surface area contributed by atoms with Gasteiger partial charge in [0.05, 0.1) is 12.7 Å². The van der Waals surface area contributed by atoms with Crippen molar-refractivity contribution in [1.29, 1.82) is 0 Å². The van der Waals surface area contributed by atoms with Crippen LogP contribution in [0.4, 0.5) is 0 Å². The van der Waals surface area contributed by atoms with Crippen molar-refractivity contribution in [2.45, 2.75) is 45.1 Å². The van der Waals surface area contributed by atoms with E-state index in [-0.39, 0.29) is 12.0 Å². The first-order valence-corrected chi connectivity index (χ1v) is 6.48. The van der Waals surface area contributed by atoms with Crippen molar-refractivity contribution < 1.29 is 10.2 Å². The van der Waals surface area contributed by atoms with Crippen LogP contribution in [0.25, 0.3) is 0 Å². The first-order valence-electron chi connectivity index (χ1n) is 6.48.